The highest BCUT2D eigenvalue weighted by atomic mass is 19.4. The largest absolute Gasteiger partial charge is 0.433 e. The number of likely N-dealkylation sites (tertiary alicyclic amines) is 1. The number of amides is 1. The molecule has 3 rings (SSSR count). The molecule has 2 aromatic heterocycles. The lowest BCUT2D eigenvalue weighted by Crippen LogP contribution is -2.39. The molecule has 0 aliphatic carbocycles. The summed E-state index contributed by atoms with van der Waals surface area (Å²) in [4.78, 5) is 17.0. The van der Waals surface area contributed by atoms with Crippen LogP contribution in [-0.4, -0.2) is 54.6 Å². The number of rotatable bonds is 3. The average molecular weight is 341 g/mol. The predicted octanol–water partition coefficient (Wildman–Crippen LogP) is 0.969. The van der Waals surface area contributed by atoms with Gasteiger partial charge in [-0.15, -0.1) is 5.10 Å². The summed E-state index contributed by atoms with van der Waals surface area (Å²) in [5.74, 6) is -0.467. The molecule has 7 nitrogen and oxygen atoms in total. The number of hydrogen-bond acceptors (Lipinski definition) is 5. The van der Waals surface area contributed by atoms with Gasteiger partial charge in [-0.25, -0.2) is 4.68 Å². The fourth-order valence-corrected chi connectivity index (χ4v) is 2.65. The average Bonchev–Trinajstić information content (AvgIpc) is 3.16. The number of carbonyl (C=O) groups excluding carboxylic acids is 1. The van der Waals surface area contributed by atoms with E-state index in [0.717, 1.165) is 18.3 Å². The Morgan fingerprint density at radius 3 is 2.75 bits per heavy atom. The fraction of sp³-hybridized carbons (Fsp3) is 0.429. The van der Waals surface area contributed by atoms with Gasteiger partial charge in [-0.2, -0.15) is 13.2 Å². The van der Waals surface area contributed by atoms with E-state index in [4.69, 9.17) is 0 Å². The van der Waals surface area contributed by atoms with Crippen molar-refractivity contribution < 1.29 is 23.1 Å². The number of nitrogens with zero attached hydrogens (tertiary/aromatic N) is 5. The molecule has 0 radical (unpaired) electrons. The molecule has 0 saturated carbocycles. The molecule has 1 aliphatic rings. The lowest BCUT2D eigenvalue weighted by molar-refractivity contribution is -0.141. The Bertz CT molecular complexity index is 717. The molecular formula is C14H14F3N5O2. The van der Waals surface area contributed by atoms with Crippen molar-refractivity contribution in [1.82, 2.24) is 24.9 Å². The number of β-amino-alcohol motifs (C(OH)–C–C–N with tert-alkyl or cyclic N) is 1. The number of halogens is 3. The standard InChI is InChI=1S/C14H14F3N5O2/c15-14(16,17)11-2-1-10(7-18-11)12(23)21-5-3-13(24,8-21)9-22-6-4-19-20-22/h1-2,4,6-7,24H,3,5,8-9H2. The third-order valence-electron chi connectivity index (χ3n) is 3.85. The second-order valence-electron chi connectivity index (χ2n) is 5.73. The Balaban J connectivity index is 1.68. The van der Waals surface area contributed by atoms with Crippen LogP contribution >= 0.6 is 0 Å². The van der Waals surface area contributed by atoms with E-state index in [1.165, 1.54) is 15.8 Å². The number of carbonyl (C=O) groups is 1. The molecule has 1 amide bonds. The molecule has 10 heteroatoms. The smallest absolute Gasteiger partial charge is 0.386 e. The van der Waals surface area contributed by atoms with Crippen molar-refractivity contribution >= 4 is 5.91 Å². The van der Waals surface area contributed by atoms with Gasteiger partial charge in [0.15, 0.2) is 0 Å². The van der Waals surface area contributed by atoms with Gasteiger partial charge in [0.2, 0.25) is 0 Å². The summed E-state index contributed by atoms with van der Waals surface area (Å²) in [6.45, 7) is 0.541. The zero-order chi connectivity index (χ0) is 17.4. The van der Waals surface area contributed by atoms with E-state index in [-0.39, 0.29) is 18.7 Å². The zero-order valence-corrected chi connectivity index (χ0v) is 12.4. The molecule has 1 atom stereocenters. The van der Waals surface area contributed by atoms with Crippen molar-refractivity contribution in [2.75, 3.05) is 13.1 Å². The van der Waals surface area contributed by atoms with Crippen LogP contribution in [0, 0.1) is 0 Å². The number of pyridine rings is 1. The molecule has 24 heavy (non-hydrogen) atoms. The van der Waals surface area contributed by atoms with Crippen molar-refractivity contribution in [3.63, 3.8) is 0 Å². The first-order chi connectivity index (χ1) is 11.3. The van der Waals surface area contributed by atoms with Gasteiger partial charge < -0.3 is 10.0 Å². The van der Waals surface area contributed by atoms with Crippen LogP contribution in [0.3, 0.4) is 0 Å². The lowest BCUT2D eigenvalue weighted by atomic mass is 10.0. The van der Waals surface area contributed by atoms with Crippen LogP contribution < -0.4 is 0 Å². The highest BCUT2D eigenvalue weighted by Gasteiger charge is 2.39. The van der Waals surface area contributed by atoms with Gasteiger partial charge in [0.05, 0.1) is 24.8 Å². The summed E-state index contributed by atoms with van der Waals surface area (Å²) in [7, 11) is 0. The minimum absolute atomic E-state index is 0.0491. The van der Waals surface area contributed by atoms with Gasteiger partial charge in [-0.1, -0.05) is 5.21 Å². The third kappa shape index (κ3) is 3.37. The molecule has 128 valence electrons. The van der Waals surface area contributed by atoms with Crippen molar-refractivity contribution in [2.24, 2.45) is 0 Å². The van der Waals surface area contributed by atoms with Crippen LogP contribution in [-0.2, 0) is 12.7 Å². The van der Waals surface area contributed by atoms with E-state index in [9.17, 15) is 23.1 Å². The van der Waals surface area contributed by atoms with Crippen LogP contribution in [0.1, 0.15) is 22.5 Å². The summed E-state index contributed by atoms with van der Waals surface area (Å²) >= 11 is 0. The first kappa shape index (κ1) is 16.4. The van der Waals surface area contributed by atoms with Crippen molar-refractivity contribution in [3.05, 3.63) is 42.0 Å². The SMILES string of the molecule is O=C(c1ccc(C(F)(F)F)nc1)N1CCC(O)(Cn2ccnn2)C1. The molecule has 1 unspecified atom stereocenters. The molecule has 1 aliphatic heterocycles. The molecule has 1 N–H and O–H groups in total. The number of alkyl halides is 3. The van der Waals surface area contributed by atoms with Crippen molar-refractivity contribution in [1.29, 1.82) is 0 Å². The first-order valence-electron chi connectivity index (χ1n) is 7.16. The number of aromatic nitrogens is 4. The highest BCUT2D eigenvalue weighted by Crippen LogP contribution is 2.28. The van der Waals surface area contributed by atoms with E-state index in [1.807, 2.05) is 0 Å². The van der Waals surface area contributed by atoms with Crippen LogP contribution in [0.4, 0.5) is 13.2 Å². The second kappa shape index (κ2) is 5.86. The molecule has 1 saturated heterocycles. The van der Waals surface area contributed by atoms with Crippen molar-refractivity contribution in [3.8, 4) is 0 Å². The Kier molecular flexibility index (Phi) is 3.99. The maximum Gasteiger partial charge on any atom is 0.433 e. The summed E-state index contributed by atoms with van der Waals surface area (Å²) in [6, 6.07) is 1.86. The number of hydrogen-bond donors (Lipinski definition) is 1. The Morgan fingerprint density at radius 1 is 1.38 bits per heavy atom. The fourth-order valence-electron chi connectivity index (χ4n) is 2.65. The van der Waals surface area contributed by atoms with Gasteiger partial charge in [0.25, 0.3) is 5.91 Å². The molecule has 3 heterocycles. The van der Waals surface area contributed by atoms with Gasteiger partial charge in [-0.05, 0) is 18.6 Å². The number of aliphatic hydroxyl groups is 1. The Hall–Kier alpha value is -2.49. The topological polar surface area (TPSA) is 84.1 Å². The monoisotopic (exact) mass is 341 g/mol. The van der Waals surface area contributed by atoms with Gasteiger partial charge in [0, 0.05) is 18.9 Å². The van der Waals surface area contributed by atoms with E-state index in [2.05, 4.69) is 15.3 Å². The molecular weight excluding hydrogens is 327 g/mol. The zero-order valence-electron chi connectivity index (χ0n) is 12.4. The minimum Gasteiger partial charge on any atom is -0.386 e. The predicted molar refractivity (Wildman–Crippen MR) is 74.7 cm³/mol. The summed E-state index contributed by atoms with van der Waals surface area (Å²) < 4.78 is 39.0. The highest BCUT2D eigenvalue weighted by molar-refractivity contribution is 5.94. The maximum atomic E-state index is 12.5. The maximum absolute atomic E-state index is 12.5. The molecule has 1 fully saturated rings. The summed E-state index contributed by atoms with van der Waals surface area (Å²) in [6.07, 6.45) is -0.225. The van der Waals surface area contributed by atoms with Crippen molar-refractivity contribution in [2.45, 2.75) is 24.7 Å². The molecule has 0 aromatic carbocycles. The van der Waals surface area contributed by atoms with Gasteiger partial charge >= 0.3 is 6.18 Å². The van der Waals surface area contributed by atoms with Crippen LogP contribution in [0.5, 0.6) is 0 Å². The van der Waals surface area contributed by atoms with E-state index >= 15 is 0 Å². The van der Waals surface area contributed by atoms with Crippen LogP contribution in [0.25, 0.3) is 0 Å². The summed E-state index contributed by atoms with van der Waals surface area (Å²) in [5.41, 5.74) is -2.15. The van der Waals surface area contributed by atoms with Gasteiger partial charge in [0.1, 0.15) is 11.3 Å². The van der Waals surface area contributed by atoms with E-state index in [1.54, 1.807) is 6.20 Å². The molecule has 0 bridgehead atoms. The van der Waals surface area contributed by atoms with Crippen LogP contribution in [0.2, 0.25) is 0 Å². The normalized spacial score (nSPS) is 21.2. The molecule has 2 aromatic rings. The van der Waals surface area contributed by atoms with E-state index in [0.29, 0.717) is 13.0 Å². The Labute approximate surface area is 134 Å². The van der Waals surface area contributed by atoms with E-state index < -0.39 is 23.4 Å². The minimum atomic E-state index is -4.55. The second-order valence-corrected chi connectivity index (χ2v) is 5.73. The quantitative estimate of drug-likeness (QED) is 0.899. The Morgan fingerprint density at radius 2 is 2.17 bits per heavy atom. The summed E-state index contributed by atoms with van der Waals surface area (Å²) in [5, 5.41) is 18.0. The van der Waals surface area contributed by atoms with Crippen LogP contribution in [0.15, 0.2) is 30.7 Å². The third-order valence-corrected chi connectivity index (χ3v) is 3.85. The first-order valence-corrected chi connectivity index (χ1v) is 7.16. The molecule has 0 spiro atoms. The van der Waals surface area contributed by atoms with Gasteiger partial charge in [-0.3, -0.25) is 9.78 Å². The lowest BCUT2D eigenvalue weighted by Gasteiger charge is -2.23.